The molecule has 1 aromatic rings. The second-order valence-electron chi connectivity index (χ2n) is 4.16. The van der Waals surface area contributed by atoms with Crippen LogP contribution in [-0.2, 0) is 11.2 Å². The zero-order chi connectivity index (χ0) is 11.7. The summed E-state index contributed by atoms with van der Waals surface area (Å²) in [5.41, 5.74) is 13.2. The van der Waals surface area contributed by atoms with Crippen LogP contribution in [0.5, 0.6) is 0 Å². The molecule has 1 aromatic heterocycles. The van der Waals surface area contributed by atoms with Crippen molar-refractivity contribution in [2.45, 2.75) is 31.8 Å². The topological polar surface area (TPSA) is 94.0 Å². The number of nitrogen functional groups attached to an aromatic ring is 1. The molecule has 16 heavy (non-hydrogen) atoms. The Morgan fingerprint density at radius 2 is 2.38 bits per heavy atom. The summed E-state index contributed by atoms with van der Waals surface area (Å²) < 4.78 is 0. The summed E-state index contributed by atoms with van der Waals surface area (Å²) in [7, 11) is 0. The molecule has 5 heteroatoms. The van der Waals surface area contributed by atoms with Crippen LogP contribution in [0.25, 0.3) is 0 Å². The van der Waals surface area contributed by atoms with Crippen molar-refractivity contribution in [3.05, 3.63) is 23.4 Å². The molecule has 1 aliphatic rings. The van der Waals surface area contributed by atoms with Gasteiger partial charge in [-0.15, -0.1) is 0 Å². The molecule has 1 amide bonds. The summed E-state index contributed by atoms with van der Waals surface area (Å²) in [5, 5.41) is 2.91. The van der Waals surface area contributed by atoms with Gasteiger partial charge in [0.15, 0.2) is 0 Å². The van der Waals surface area contributed by atoms with Crippen molar-refractivity contribution >= 4 is 11.7 Å². The SMILES string of the molecule is C[C@H](N)C(=O)N[C@@H]1CCc2nc(N)ccc21. The first-order valence-corrected chi connectivity index (χ1v) is 5.39. The molecule has 86 valence electrons. The maximum absolute atomic E-state index is 11.5. The first kappa shape index (κ1) is 10.9. The van der Waals surface area contributed by atoms with Gasteiger partial charge in [-0.2, -0.15) is 0 Å². The van der Waals surface area contributed by atoms with E-state index in [0.29, 0.717) is 5.82 Å². The van der Waals surface area contributed by atoms with Gasteiger partial charge in [0.05, 0.1) is 12.1 Å². The van der Waals surface area contributed by atoms with E-state index in [0.717, 1.165) is 24.1 Å². The molecule has 0 aromatic carbocycles. The van der Waals surface area contributed by atoms with Gasteiger partial charge in [0.1, 0.15) is 5.82 Å². The summed E-state index contributed by atoms with van der Waals surface area (Å²) in [4.78, 5) is 15.7. The van der Waals surface area contributed by atoms with Gasteiger partial charge in [0.2, 0.25) is 5.91 Å². The fourth-order valence-electron chi connectivity index (χ4n) is 1.94. The van der Waals surface area contributed by atoms with Crippen molar-refractivity contribution in [2.24, 2.45) is 5.73 Å². The molecule has 0 saturated carbocycles. The lowest BCUT2D eigenvalue weighted by molar-refractivity contribution is -0.122. The maximum atomic E-state index is 11.5. The highest BCUT2D eigenvalue weighted by Crippen LogP contribution is 2.30. The number of carbonyl (C=O) groups is 1. The molecule has 0 saturated heterocycles. The second kappa shape index (κ2) is 4.09. The third kappa shape index (κ3) is 1.99. The quantitative estimate of drug-likeness (QED) is 0.659. The minimum atomic E-state index is -0.481. The van der Waals surface area contributed by atoms with Crippen molar-refractivity contribution in [3.8, 4) is 0 Å². The smallest absolute Gasteiger partial charge is 0.237 e. The van der Waals surface area contributed by atoms with Crippen molar-refractivity contribution in [1.29, 1.82) is 0 Å². The average Bonchev–Trinajstić information content (AvgIpc) is 2.60. The molecule has 1 heterocycles. The monoisotopic (exact) mass is 220 g/mol. The van der Waals surface area contributed by atoms with Crippen molar-refractivity contribution in [2.75, 3.05) is 5.73 Å². The van der Waals surface area contributed by atoms with Gasteiger partial charge in [-0.3, -0.25) is 4.79 Å². The molecular weight excluding hydrogens is 204 g/mol. The van der Waals surface area contributed by atoms with Crippen LogP contribution in [0.15, 0.2) is 12.1 Å². The van der Waals surface area contributed by atoms with Crippen LogP contribution >= 0.6 is 0 Å². The van der Waals surface area contributed by atoms with E-state index >= 15 is 0 Å². The molecule has 0 radical (unpaired) electrons. The molecule has 5 N–H and O–H groups in total. The van der Waals surface area contributed by atoms with E-state index in [4.69, 9.17) is 11.5 Å². The molecule has 2 rings (SSSR count). The van der Waals surface area contributed by atoms with Gasteiger partial charge < -0.3 is 16.8 Å². The van der Waals surface area contributed by atoms with Gasteiger partial charge in [-0.1, -0.05) is 6.07 Å². The van der Waals surface area contributed by atoms with Crippen molar-refractivity contribution in [3.63, 3.8) is 0 Å². The van der Waals surface area contributed by atoms with E-state index in [1.54, 1.807) is 13.0 Å². The van der Waals surface area contributed by atoms with Crippen LogP contribution in [-0.4, -0.2) is 16.9 Å². The molecule has 2 atom stereocenters. The Morgan fingerprint density at radius 3 is 3.06 bits per heavy atom. The van der Waals surface area contributed by atoms with E-state index in [1.807, 2.05) is 6.07 Å². The number of hydrogen-bond donors (Lipinski definition) is 3. The number of aryl methyl sites for hydroxylation is 1. The number of aromatic nitrogens is 1. The Labute approximate surface area is 94.2 Å². The van der Waals surface area contributed by atoms with Gasteiger partial charge in [0.25, 0.3) is 0 Å². The summed E-state index contributed by atoms with van der Waals surface area (Å²) in [6, 6.07) is 3.23. The van der Waals surface area contributed by atoms with Crippen LogP contribution in [0, 0.1) is 0 Å². The number of fused-ring (bicyclic) bond motifs is 1. The number of anilines is 1. The minimum absolute atomic E-state index is 0.0293. The Kier molecular flexibility index (Phi) is 2.78. The molecule has 5 nitrogen and oxygen atoms in total. The Bertz CT molecular complexity index is 416. The largest absolute Gasteiger partial charge is 0.384 e. The minimum Gasteiger partial charge on any atom is -0.384 e. The Balaban J connectivity index is 2.15. The van der Waals surface area contributed by atoms with Crippen LogP contribution in [0.4, 0.5) is 5.82 Å². The molecule has 0 bridgehead atoms. The zero-order valence-electron chi connectivity index (χ0n) is 9.23. The highest BCUT2D eigenvalue weighted by Gasteiger charge is 2.25. The first-order valence-electron chi connectivity index (χ1n) is 5.39. The lowest BCUT2D eigenvalue weighted by Gasteiger charge is -2.15. The fourth-order valence-corrected chi connectivity index (χ4v) is 1.94. The molecular formula is C11H16N4O. The third-order valence-electron chi connectivity index (χ3n) is 2.81. The standard InChI is InChI=1S/C11H16N4O/c1-6(12)11(16)15-9-4-3-8-7(9)2-5-10(13)14-8/h2,5-6,9H,3-4,12H2,1H3,(H2,13,14)(H,15,16)/t6-,9+/m0/s1. The summed E-state index contributed by atoms with van der Waals surface area (Å²) >= 11 is 0. The van der Waals surface area contributed by atoms with E-state index in [-0.39, 0.29) is 11.9 Å². The average molecular weight is 220 g/mol. The number of nitrogens with zero attached hydrogens (tertiary/aromatic N) is 1. The molecule has 1 aliphatic carbocycles. The fraction of sp³-hybridized carbons (Fsp3) is 0.455. The molecule has 0 unspecified atom stereocenters. The second-order valence-corrected chi connectivity index (χ2v) is 4.16. The lowest BCUT2D eigenvalue weighted by atomic mass is 10.1. The van der Waals surface area contributed by atoms with E-state index in [1.165, 1.54) is 0 Å². The summed E-state index contributed by atoms with van der Waals surface area (Å²) in [6.07, 6.45) is 1.72. The molecule has 0 fully saturated rings. The Hall–Kier alpha value is -1.62. The number of rotatable bonds is 2. The van der Waals surface area contributed by atoms with Crippen LogP contribution in [0.3, 0.4) is 0 Å². The normalized spacial score (nSPS) is 20.2. The van der Waals surface area contributed by atoms with E-state index < -0.39 is 6.04 Å². The maximum Gasteiger partial charge on any atom is 0.237 e. The molecule has 0 spiro atoms. The highest BCUT2D eigenvalue weighted by atomic mass is 16.2. The van der Waals surface area contributed by atoms with Gasteiger partial charge >= 0.3 is 0 Å². The van der Waals surface area contributed by atoms with Crippen LogP contribution in [0.2, 0.25) is 0 Å². The van der Waals surface area contributed by atoms with Crippen molar-refractivity contribution < 1.29 is 4.79 Å². The van der Waals surface area contributed by atoms with Gasteiger partial charge in [-0.25, -0.2) is 4.98 Å². The lowest BCUT2D eigenvalue weighted by Crippen LogP contribution is -2.39. The number of hydrogen-bond acceptors (Lipinski definition) is 4. The predicted octanol–water partition coefficient (Wildman–Crippen LogP) is 0.115. The number of carbonyl (C=O) groups excluding carboxylic acids is 1. The van der Waals surface area contributed by atoms with E-state index in [9.17, 15) is 4.79 Å². The number of nitrogens with two attached hydrogens (primary N) is 2. The van der Waals surface area contributed by atoms with Gasteiger partial charge in [0, 0.05) is 5.69 Å². The number of amides is 1. The Morgan fingerprint density at radius 1 is 1.62 bits per heavy atom. The van der Waals surface area contributed by atoms with Crippen LogP contribution in [0.1, 0.15) is 30.6 Å². The number of nitrogens with one attached hydrogen (secondary N) is 1. The third-order valence-corrected chi connectivity index (χ3v) is 2.81. The van der Waals surface area contributed by atoms with Gasteiger partial charge in [-0.05, 0) is 31.4 Å². The van der Waals surface area contributed by atoms with E-state index in [2.05, 4.69) is 10.3 Å². The predicted molar refractivity (Wildman–Crippen MR) is 61.5 cm³/mol. The highest BCUT2D eigenvalue weighted by molar-refractivity contribution is 5.81. The zero-order valence-corrected chi connectivity index (χ0v) is 9.23. The molecule has 0 aliphatic heterocycles. The number of pyridine rings is 1. The summed E-state index contributed by atoms with van der Waals surface area (Å²) in [6.45, 7) is 1.67. The summed E-state index contributed by atoms with van der Waals surface area (Å²) in [5.74, 6) is 0.396. The van der Waals surface area contributed by atoms with Crippen molar-refractivity contribution in [1.82, 2.24) is 10.3 Å². The first-order chi connectivity index (χ1) is 7.58. The van der Waals surface area contributed by atoms with Crippen LogP contribution < -0.4 is 16.8 Å².